The van der Waals surface area contributed by atoms with Crippen molar-refractivity contribution in [2.24, 2.45) is 0 Å². The Labute approximate surface area is 211 Å². The van der Waals surface area contributed by atoms with E-state index in [-0.39, 0.29) is 36.6 Å². The molecule has 1 atom stereocenters. The summed E-state index contributed by atoms with van der Waals surface area (Å²) in [4.78, 5) is 48.5. The maximum atomic E-state index is 14.1. The van der Waals surface area contributed by atoms with E-state index in [2.05, 4.69) is 4.98 Å². The third-order valence-electron chi connectivity index (χ3n) is 7.68. The molecule has 2 fully saturated rings. The number of methoxy groups -OCH3 is 1. The molecule has 0 N–H and O–H groups in total. The van der Waals surface area contributed by atoms with Gasteiger partial charge >= 0.3 is 0 Å². The standard InChI is InChI=1S/C29H31N3O4/c1-31(19-20-9-7-14-24-22(20)12-8-16-30-24)26(33)17-29(23-13-5-6-15-25(23)36-2)18-27(34)32(28(29)35)21-10-3-4-11-21/h5-9,12-16,21H,3-4,10-11,17-19H2,1-2H3. The summed E-state index contributed by atoms with van der Waals surface area (Å²) in [5.41, 5.74) is 1.16. The van der Waals surface area contributed by atoms with Crippen molar-refractivity contribution in [1.29, 1.82) is 0 Å². The summed E-state index contributed by atoms with van der Waals surface area (Å²) >= 11 is 0. The highest BCUT2D eigenvalue weighted by atomic mass is 16.5. The Morgan fingerprint density at radius 1 is 1.08 bits per heavy atom. The SMILES string of the molecule is COc1ccccc1C1(CC(=O)N(C)Cc2cccc3ncccc23)CC(=O)N(C2CCCC2)C1=O. The van der Waals surface area contributed by atoms with Crippen LogP contribution in [-0.4, -0.2) is 52.7 Å². The van der Waals surface area contributed by atoms with Crippen LogP contribution in [0.25, 0.3) is 10.9 Å². The molecular weight excluding hydrogens is 454 g/mol. The van der Waals surface area contributed by atoms with Crippen molar-refractivity contribution >= 4 is 28.6 Å². The Hall–Kier alpha value is -3.74. The summed E-state index contributed by atoms with van der Waals surface area (Å²) < 4.78 is 5.60. The first-order valence-electron chi connectivity index (χ1n) is 12.5. The van der Waals surface area contributed by atoms with E-state index in [0.29, 0.717) is 17.9 Å². The second-order valence-electron chi connectivity index (χ2n) is 9.88. The molecule has 2 aromatic carbocycles. The van der Waals surface area contributed by atoms with Crippen LogP contribution in [0.3, 0.4) is 0 Å². The van der Waals surface area contributed by atoms with Crippen LogP contribution in [0.2, 0.25) is 0 Å². The Balaban J connectivity index is 1.48. The molecule has 186 valence electrons. The maximum absolute atomic E-state index is 14.1. The minimum atomic E-state index is -1.28. The van der Waals surface area contributed by atoms with E-state index in [0.717, 1.165) is 42.1 Å². The van der Waals surface area contributed by atoms with Crippen molar-refractivity contribution in [3.05, 3.63) is 71.9 Å². The molecule has 1 saturated heterocycles. The zero-order chi connectivity index (χ0) is 25.3. The lowest BCUT2D eigenvalue weighted by molar-refractivity contribution is -0.144. The summed E-state index contributed by atoms with van der Waals surface area (Å²) in [5.74, 6) is -0.160. The predicted molar refractivity (Wildman–Crippen MR) is 136 cm³/mol. The zero-order valence-electron chi connectivity index (χ0n) is 20.8. The van der Waals surface area contributed by atoms with Gasteiger partial charge in [0.05, 0.1) is 18.0 Å². The van der Waals surface area contributed by atoms with Gasteiger partial charge in [0, 0.05) is 49.6 Å². The minimum absolute atomic E-state index is 0.0273. The molecule has 7 heteroatoms. The van der Waals surface area contributed by atoms with Gasteiger partial charge in [-0.1, -0.05) is 49.2 Å². The van der Waals surface area contributed by atoms with E-state index in [1.807, 2.05) is 48.5 Å². The lowest BCUT2D eigenvalue weighted by Crippen LogP contribution is -2.45. The quantitative estimate of drug-likeness (QED) is 0.468. The van der Waals surface area contributed by atoms with Crippen LogP contribution in [0.4, 0.5) is 0 Å². The largest absolute Gasteiger partial charge is 0.496 e. The molecule has 1 unspecified atom stereocenters. The number of para-hydroxylation sites is 1. The van der Waals surface area contributed by atoms with Crippen molar-refractivity contribution in [3.63, 3.8) is 0 Å². The Kier molecular flexibility index (Phi) is 6.48. The van der Waals surface area contributed by atoms with Crippen LogP contribution in [-0.2, 0) is 26.3 Å². The second kappa shape index (κ2) is 9.72. The predicted octanol–water partition coefficient (Wildman–Crippen LogP) is 4.23. The number of nitrogens with zero attached hydrogens (tertiary/aromatic N) is 3. The van der Waals surface area contributed by atoms with Gasteiger partial charge in [0.15, 0.2) is 0 Å². The van der Waals surface area contributed by atoms with E-state index in [1.165, 1.54) is 4.90 Å². The molecule has 1 aliphatic carbocycles. The highest BCUT2D eigenvalue weighted by Crippen LogP contribution is 2.46. The molecule has 1 saturated carbocycles. The average molecular weight is 486 g/mol. The Bertz CT molecular complexity index is 1310. The number of imide groups is 1. The number of carbonyl (C=O) groups is 3. The number of amides is 3. The van der Waals surface area contributed by atoms with Crippen molar-refractivity contribution in [2.75, 3.05) is 14.2 Å². The molecule has 3 amide bonds. The van der Waals surface area contributed by atoms with Gasteiger partial charge in [0.25, 0.3) is 0 Å². The van der Waals surface area contributed by atoms with Crippen LogP contribution >= 0.6 is 0 Å². The first kappa shape index (κ1) is 24.0. The van der Waals surface area contributed by atoms with Gasteiger partial charge in [0.2, 0.25) is 17.7 Å². The molecule has 2 heterocycles. The summed E-state index contributed by atoms with van der Waals surface area (Å²) in [6.45, 7) is 0.373. The number of carbonyl (C=O) groups excluding carboxylic acids is 3. The van der Waals surface area contributed by atoms with Crippen molar-refractivity contribution in [3.8, 4) is 5.75 Å². The number of hydrogen-bond acceptors (Lipinski definition) is 5. The van der Waals surface area contributed by atoms with Crippen LogP contribution < -0.4 is 4.74 Å². The van der Waals surface area contributed by atoms with Gasteiger partial charge in [-0.2, -0.15) is 0 Å². The number of fused-ring (bicyclic) bond motifs is 1. The Morgan fingerprint density at radius 3 is 2.64 bits per heavy atom. The summed E-state index contributed by atoms with van der Waals surface area (Å²) in [5, 5.41) is 0.985. The lowest BCUT2D eigenvalue weighted by Gasteiger charge is -2.31. The van der Waals surface area contributed by atoms with Crippen molar-refractivity contribution < 1.29 is 19.1 Å². The van der Waals surface area contributed by atoms with E-state index in [4.69, 9.17) is 4.74 Å². The molecular formula is C29H31N3O4. The van der Waals surface area contributed by atoms with Crippen LogP contribution in [0, 0.1) is 0 Å². The summed E-state index contributed by atoms with van der Waals surface area (Å²) in [6, 6.07) is 16.9. The first-order valence-corrected chi connectivity index (χ1v) is 12.5. The van der Waals surface area contributed by atoms with E-state index < -0.39 is 5.41 Å². The third kappa shape index (κ3) is 4.12. The fourth-order valence-corrected chi connectivity index (χ4v) is 5.82. The molecule has 36 heavy (non-hydrogen) atoms. The number of likely N-dealkylation sites (tertiary alicyclic amines) is 1. The summed E-state index contributed by atoms with van der Waals surface area (Å²) in [6.07, 6.45) is 5.28. The fraction of sp³-hybridized carbons (Fsp3) is 0.379. The molecule has 1 aliphatic heterocycles. The zero-order valence-corrected chi connectivity index (χ0v) is 20.8. The minimum Gasteiger partial charge on any atom is -0.496 e. The van der Waals surface area contributed by atoms with Crippen LogP contribution in [0.15, 0.2) is 60.8 Å². The molecule has 7 nitrogen and oxygen atoms in total. The van der Waals surface area contributed by atoms with Gasteiger partial charge in [-0.05, 0) is 36.6 Å². The van der Waals surface area contributed by atoms with Crippen molar-refractivity contribution in [2.45, 2.75) is 56.5 Å². The number of aromatic nitrogens is 1. The normalized spacial score (nSPS) is 20.3. The lowest BCUT2D eigenvalue weighted by atomic mass is 9.75. The number of benzene rings is 2. The highest BCUT2D eigenvalue weighted by Gasteiger charge is 2.56. The Morgan fingerprint density at radius 2 is 1.86 bits per heavy atom. The molecule has 5 rings (SSSR count). The summed E-state index contributed by atoms with van der Waals surface area (Å²) in [7, 11) is 3.29. The smallest absolute Gasteiger partial charge is 0.241 e. The topological polar surface area (TPSA) is 79.8 Å². The van der Waals surface area contributed by atoms with Gasteiger partial charge in [-0.25, -0.2) is 0 Å². The maximum Gasteiger partial charge on any atom is 0.241 e. The molecule has 2 aliphatic rings. The first-order chi connectivity index (χ1) is 17.4. The van der Waals surface area contributed by atoms with E-state index >= 15 is 0 Å². The van der Waals surface area contributed by atoms with Gasteiger partial charge in [-0.3, -0.25) is 24.3 Å². The monoisotopic (exact) mass is 485 g/mol. The van der Waals surface area contributed by atoms with Crippen molar-refractivity contribution in [1.82, 2.24) is 14.8 Å². The molecule has 0 spiro atoms. The van der Waals surface area contributed by atoms with E-state index in [9.17, 15) is 14.4 Å². The third-order valence-corrected chi connectivity index (χ3v) is 7.68. The van der Waals surface area contributed by atoms with Crippen LogP contribution in [0.1, 0.15) is 49.7 Å². The molecule has 3 aromatic rings. The van der Waals surface area contributed by atoms with Gasteiger partial charge in [0.1, 0.15) is 5.75 Å². The van der Waals surface area contributed by atoms with Gasteiger partial charge < -0.3 is 9.64 Å². The number of hydrogen-bond donors (Lipinski definition) is 0. The molecule has 1 aromatic heterocycles. The number of pyridine rings is 1. The van der Waals surface area contributed by atoms with Crippen LogP contribution in [0.5, 0.6) is 5.75 Å². The highest BCUT2D eigenvalue weighted by molar-refractivity contribution is 6.11. The van der Waals surface area contributed by atoms with E-state index in [1.54, 1.807) is 31.3 Å². The molecule has 0 bridgehead atoms. The van der Waals surface area contributed by atoms with Gasteiger partial charge in [-0.15, -0.1) is 0 Å². The number of ether oxygens (including phenoxy) is 1. The number of rotatable bonds is 7. The molecule has 0 radical (unpaired) electrons. The average Bonchev–Trinajstić information content (AvgIpc) is 3.50. The second-order valence-corrected chi connectivity index (χ2v) is 9.88. The fourth-order valence-electron chi connectivity index (χ4n) is 5.82.